The number of aromatic nitrogens is 2. The zero-order valence-corrected chi connectivity index (χ0v) is 17.9. The Balaban J connectivity index is 1.68. The predicted molar refractivity (Wildman–Crippen MR) is 124 cm³/mol. The number of anilines is 1. The minimum atomic E-state index is -0.0745. The lowest BCUT2D eigenvalue weighted by Gasteiger charge is -2.19. The molecular formula is C26H27N3O. The van der Waals surface area contributed by atoms with E-state index in [0.29, 0.717) is 0 Å². The molecule has 0 saturated carbocycles. The van der Waals surface area contributed by atoms with E-state index in [0.717, 1.165) is 33.7 Å². The first kappa shape index (κ1) is 19.9. The van der Waals surface area contributed by atoms with Crippen LogP contribution in [-0.4, -0.2) is 15.5 Å². The number of carbonyl (C=O) groups excluding carboxylic acids is 1. The SMILES string of the molecule is Cc1ccc(NC(=O)Cn2c(-c3ccc(C(C)(C)C)cc3)nc3ccccc32)cc1. The summed E-state index contributed by atoms with van der Waals surface area (Å²) in [6.45, 7) is 8.83. The number of nitrogens with one attached hydrogen (secondary N) is 1. The van der Waals surface area contributed by atoms with Gasteiger partial charge in [0.25, 0.3) is 0 Å². The Kier molecular flexibility index (Phi) is 5.17. The molecule has 0 aliphatic rings. The van der Waals surface area contributed by atoms with Gasteiger partial charge in [-0.1, -0.05) is 74.9 Å². The minimum Gasteiger partial charge on any atom is -0.325 e. The van der Waals surface area contributed by atoms with Crippen molar-refractivity contribution in [3.8, 4) is 11.4 Å². The molecule has 0 bridgehead atoms. The molecule has 0 atom stereocenters. The van der Waals surface area contributed by atoms with Crippen molar-refractivity contribution in [2.75, 3.05) is 5.32 Å². The second-order valence-electron chi connectivity index (χ2n) is 8.75. The van der Waals surface area contributed by atoms with E-state index in [4.69, 9.17) is 4.98 Å². The van der Waals surface area contributed by atoms with Gasteiger partial charge in [-0.3, -0.25) is 4.79 Å². The van der Waals surface area contributed by atoms with Crippen molar-refractivity contribution in [2.24, 2.45) is 0 Å². The molecule has 0 aliphatic carbocycles. The average molecular weight is 398 g/mol. The van der Waals surface area contributed by atoms with Gasteiger partial charge in [-0.15, -0.1) is 0 Å². The Morgan fingerprint density at radius 3 is 2.27 bits per heavy atom. The largest absolute Gasteiger partial charge is 0.325 e. The van der Waals surface area contributed by atoms with E-state index in [9.17, 15) is 4.79 Å². The normalized spacial score (nSPS) is 11.6. The molecule has 1 amide bonds. The van der Waals surface area contributed by atoms with Crippen LogP contribution in [0.1, 0.15) is 31.9 Å². The molecular weight excluding hydrogens is 370 g/mol. The van der Waals surface area contributed by atoms with Gasteiger partial charge >= 0.3 is 0 Å². The molecule has 4 rings (SSSR count). The van der Waals surface area contributed by atoms with Gasteiger partial charge in [-0.25, -0.2) is 4.98 Å². The first-order chi connectivity index (χ1) is 14.3. The highest BCUT2D eigenvalue weighted by Gasteiger charge is 2.17. The van der Waals surface area contributed by atoms with Gasteiger partial charge in [0.1, 0.15) is 12.4 Å². The second kappa shape index (κ2) is 7.79. The zero-order chi connectivity index (χ0) is 21.3. The van der Waals surface area contributed by atoms with Crippen molar-refractivity contribution in [3.63, 3.8) is 0 Å². The highest BCUT2D eigenvalue weighted by molar-refractivity contribution is 5.92. The van der Waals surface area contributed by atoms with E-state index < -0.39 is 0 Å². The summed E-state index contributed by atoms with van der Waals surface area (Å²) < 4.78 is 1.99. The van der Waals surface area contributed by atoms with Crippen molar-refractivity contribution in [1.82, 2.24) is 9.55 Å². The fraction of sp³-hybridized carbons (Fsp3) is 0.231. The van der Waals surface area contributed by atoms with E-state index in [1.165, 1.54) is 5.56 Å². The van der Waals surface area contributed by atoms with E-state index in [2.05, 4.69) is 50.4 Å². The summed E-state index contributed by atoms with van der Waals surface area (Å²) in [7, 11) is 0. The van der Waals surface area contributed by atoms with Gasteiger partial charge < -0.3 is 9.88 Å². The lowest BCUT2D eigenvalue weighted by atomic mass is 9.87. The van der Waals surface area contributed by atoms with Crippen LogP contribution in [0.5, 0.6) is 0 Å². The maximum Gasteiger partial charge on any atom is 0.244 e. The van der Waals surface area contributed by atoms with Crippen LogP contribution in [-0.2, 0) is 16.8 Å². The fourth-order valence-corrected chi connectivity index (χ4v) is 3.56. The molecule has 0 unspecified atom stereocenters. The van der Waals surface area contributed by atoms with Crippen molar-refractivity contribution in [3.05, 3.63) is 83.9 Å². The molecule has 0 aliphatic heterocycles. The van der Waals surface area contributed by atoms with Crippen LogP contribution in [0.15, 0.2) is 72.8 Å². The third-order valence-electron chi connectivity index (χ3n) is 5.30. The van der Waals surface area contributed by atoms with Crippen LogP contribution in [0.3, 0.4) is 0 Å². The van der Waals surface area contributed by atoms with Crippen LogP contribution in [0, 0.1) is 6.92 Å². The average Bonchev–Trinajstić information content (AvgIpc) is 3.08. The number of rotatable bonds is 4. The molecule has 152 valence electrons. The molecule has 0 radical (unpaired) electrons. The Bertz CT molecular complexity index is 1180. The minimum absolute atomic E-state index is 0.0745. The predicted octanol–water partition coefficient (Wildman–Crippen LogP) is 5.95. The number of fused-ring (bicyclic) bond motifs is 1. The van der Waals surface area contributed by atoms with Crippen LogP contribution in [0.25, 0.3) is 22.4 Å². The highest BCUT2D eigenvalue weighted by Crippen LogP contribution is 2.28. The Morgan fingerprint density at radius 1 is 0.933 bits per heavy atom. The van der Waals surface area contributed by atoms with Gasteiger partial charge in [0.15, 0.2) is 0 Å². The Hall–Kier alpha value is -3.40. The fourth-order valence-electron chi connectivity index (χ4n) is 3.56. The standard InChI is InChI=1S/C26H27N3O/c1-18-9-15-21(16-10-18)27-24(30)17-29-23-8-6-5-7-22(23)28-25(29)19-11-13-20(14-12-19)26(2,3)4/h5-16H,17H2,1-4H3,(H,27,30). The number of para-hydroxylation sites is 2. The van der Waals surface area contributed by atoms with Gasteiger partial charge in [-0.05, 0) is 42.2 Å². The van der Waals surface area contributed by atoms with Gasteiger partial charge in [0, 0.05) is 11.3 Å². The van der Waals surface area contributed by atoms with Gasteiger partial charge in [0.2, 0.25) is 5.91 Å². The topological polar surface area (TPSA) is 46.9 Å². The first-order valence-corrected chi connectivity index (χ1v) is 10.2. The molecule has 1 heterocycles. The van der Waals surface area contributed by atoms with Crippen LogP contribution in [0.4, 0.5) is 5.69 Å². The van der Waals surface area contributed by atoms with Crippen molar-refractivity contribution >= 4 is 22.6 Å². The number of hydrogen-bond donors (Lipinski definition) is 1. The number of nitrogens with zero attached hydrogens (tertiary/aromatic N) is 2. The van der Waals surface area contributed by atoms with E-state index in [-0.39, 0.29) is 17.9 Å². The van der Waals surface area contributed by atoms with Crippen LogP contribution < -0.4 is 5.32 Å². The van der Waals surface area contributed by atoms with E-state index >= 15 is 0 Å². The molecule has 0 spiro atoms. The molecule has 4 heteroatoms. The maximum absolute atomic E-state index is 12.8. The number of hydrogen-bond acceptors (Lipinski definition) is 2. The molecule has 1 aromatic heterocycles. The summed E-state index contributed by atoms with van der Waals surface area (Å²) >= 11 is 0. The summed E-state index contributed by atoms with van der Waals surface area (Å²) in [5.74, 6) is 0.727. The third kappa shape index (κ3) is 4.13. The Morgan fingerprint density at radius 2 is 1.60 bits per heavy atom. The van der Waals surface area contributed by atoms with Gasteiger partial charge in [0.05, 0.1) is 11.0 Å². The quantitative estimate of drug-likeness (QED) is 0.463. The smallest absolute Gasteiger partial charge is 0.244 e. The first-order valence-electron chi connectivity index (χ1n) is 10.2. The second-order valence-corrected chi connectivity index (χ2v) is 8.75. The number of benzene rings is 3. The third-order valence-corrected chi connectivity index (χ3v) is 5.30. The van der Waals surface area contributed by atoms with Crippen LogP contribution >= 0.6 is 0 Å². The lowest BCUT2D eigenvalue weighted by Crippen LogP contribution is -2.19. The van der Waals surface area contributed by atoms with Crippen molar-refractivity contribution < 1.29 is 4.79 Å². The van der Waals surface area contributed by atoms with Crippen molar-refractivity contribution in [1.29, 1.82) is 0 Å². The maximum atomic E-state index is 12.8. The Labute approximate surface area is 177 Å². The molecule has 0 fully saturated rings. The molecule has 0 saturated heterocycles. The monoisotopic (exact) mass is 397 g/mol. The molecule has 4 nitrogen and oxygen atoms in total. The number of amides is 1. The highest BCUT2D eigenvalue weighted by atomic mass is 16.1. The van der Waals surface area contributed by atoms with Crippen molar-refractivity contribution in [2.45, 2.75) is 39.7 Å². The molecule has 1 N–H and O–H groups in total. The lowest BCUT2D eigenvalue weighted by molar-refractivity contribution is -0.116. The summed E-state index contributed by atoms with van der Waals surface area (Å²) in [5, 5.41) is 2.99. The number of imidazole rings is 1. The number of aryl methyl sites for hydroxylation is 1. The van der Waals surface area contributed by atoms with Crippen LogP contribution in [0.2, 0.25) is 0 Å². The van der Waals surface area contributed by atoms with E-state index in [1.807, 2.05) is 60.0 Å². The summed E-state index contributed by atoms with van der Waals surface area (Å²) in [4.78, 5) is 17.6. The summed E-state index contributed by atoms with van der Waals surface area (Å²) in [5.41, 5.74) is 6.16. The summed E-state index contributed by atoms with van der Waals surface area (Å²) in [6.07, 6.45) is 0. The van der Waals surface area contributed by atoms with Gasteiger partial charge in [-0.2, -0.15) is 0 Å². The summed E-state index contributed by atoms with van der Waals surface area (Å²) in [6, 6.07) is 24.2. The number of carbonyl (C=O) groups is 1. The molecule has 4 aromatic rings. The zero-order valence-electron chi connectivity index (χ0n) is 17.9. The molecule has 30 heavy (non-hydrogen) atoms. The molecule has 3 aromatic carbocycles. The van der Waals surface area contributed by atoms with E-state index in [1.54, 1.807) is 0 Å².